The lowest BCUT2D eigenvalue weighted by atomic mass is 10.1. The van der Waals surface area contributed by atoms with Gasteiger partial charge in [-0.25, -0.2) is 4.98 Å². The van der Waals surface area contributed by atoms with Gasteiger partial charge in [0.05, 0.1) is 26.2 Å². The van der Waals surface area contributed by atoms with Crippen LogP contribution in [0.1, 0.15) is 16.1 Å². The number of aryl methyl sites for hydroxylation is 1. The molecule has 3 aromatic rings. The number of carbonyl (C=O) groups excluding carboxylic acids is 1. The fourth-order valence-corrected chi connectivity index (χ4v) is 2.54. The van der Waals surface area contributed by atoms with Crippen LogP contribution in [0.5, 0.6) is 11.5 Å². The minimum absolute atomic E-state index is 0.243. The van der Waals surface area contributed by atoms with E-state index in [0.717, 1.165) is 17.0 Å². The molecule has 1 aromatic heterocycles. The molecule has 6 heteroatoms. The summed E-state index contributed by atoms with van der Waals surface area (Å²) in [4.78, 5) is 19.9. The number of amides is 1. The third kappa shape index (κ3) is 3.63. The van der Waals surface area contributed by atoms with Gasteiger partial charge in [0.15, 0.2) is 0 Å². The van der Waals surface area contributed by atoms with Crippen molar-refractivity contribution in [3.63, 3.8) is 0 Å². The van der Waals surface area contributed by atoms with E-state index in [-0.39, 0.29) is 5.91 Å². The maximum absolute atomic E-state index is 12.6. The molecule has 0 atom stereocenters. The van der Waals surface area contributed by atoms with E-state index in [1.165, 1.54) is 0 Å². The van der Waals surface area contributed by atoms with Crippen LogP contribution in [0.3, 0.4) is 0 Å². The summed E-state index contributed by atoms with van der Waals surface area (Å²) in [7, 11) is 3.10. The van der Waals surface area contributed by atoms with E-state index in [0.29, 0.717) is 22.7 Å². The molecule has 0 radical (unpaired) electrons. The van der Waals surface area contributed by atoms with Gasteiger partial charge in [-0.05, 0) is 31.2 Å². The third-order valence-electron chi connectivity index (χ3n) is 3.84. The highest BCUT2D eigenvalue weighted by Crippen LogP contribution is 2.25. The van der Waals surface area contributed by atoms with Crippen molar-refractivity contribution < 1.29 is 14.3 Å². The smallest absolute Gasteiger partial charge is 0.255 e. The Morgan fingerprint density at radius 3 is 2.40 bits per heavy atom. The lowest BCUT2D eigenvalue weighted by Gasteiger charge is -2.10. The Morgan fingerprint density at radius 1 is 1.08 bits per heavy atom. The van der Waals surface area contributed by atoms with Crippen molar-refractivity contribution in [1.29, 1.82) is 0 Å². The molecule has 0 aliphatic carbocycles. The first-order valence-corrected chi connectivity index (χ1v) is 7.75. The van der Waals surface area contributed by atoms with Crippen molar-refractivity contribution in [3.8, 4) is 22.8 Å². The number of anilines is 1. The highest BCUT2D eigenvalue weighted by atomic mass is 16.5. The number of ether oxygens (including phenoxy) is 2. The second-order valence-electron chi connectivity index (χ2n) is 5.51. The van der Waals surface area contributed by atoms with E-state index in [4.69, 9.17) is 9.47 Å². The average molecular weight is 337 g/mol. The maximum Gasteiger partial charge on any atom is 0.255 e. The predicted octanol–water partition coefficient (Wildman–Crippen LogP) is 3.65. The summed E-state index contributed by atoms with van der Waals surface area (Å²) >= 11 is 0. The quantitative estimate of drug-likeness (QED) is 0.745. The highest BCUT2D eigenvalue weighted by molar-refractivity contribution is 6.05. The summed E-state index contributed by atoms with van der Waals surface area (Å²) < 4.78 is 10.4. The Hall–Kier alpha value is -3.28. The van der Waals surface area contributed by atoms with Crippen LogP contribution >= 0.6 is 0 Å². The fraction of sp³-hybridized carbons (Fsp3) is 0.158. The molecule has 3 rings (SSSR count). The first-order valence-electron chi connectivity index (χ1n) is 7.75. The molecule has 1 amide bonds. The molecular formula is C19H19N3O3. The monoisotopic (exact) mass is 337 g/mol. The Bertz CT molecular complexity index is 880. The Labute approximate surface area is 145 Å². The summed E-state index contributed by atoms with van der Waals surface area (Å²) in [5, 5.41) is 2.89. The van der Waals surface area contributed by atoms with E-state index in [1.54, 1.807) is 38.7 Å². The number of hydrogen-bond donors (Lipinski definition) is 2. The van der Waals surface area contributed by atoms with Crippen molar-refractivity contribution >= 4 is 11.6 Å². The van der Waals surface area contributed by atoms with Crippen LogP contribution in [0.25, 0.3) is 11.3 Å². The van der Waals surface area contributed by atoms with E-state index < -0.39 is 0 Å². The van der Waals surface area contributed by atoms with E-state index in [9.17, 15) is 4.79 Å². The number of H-pyrrole nitrogens is 1. The van der Waals surface area contributed by atoms with Crippen LogP contribution in [0.4, 0.5) is 5.69 Å². The summed E-state index contributed by atoms with van der Waals surface area (Å²) in [6.45, 7) is 1.95. The van der Waals surface area contributed by atoms with Crippen molar-refractivity contribution in [2.45, 2.75) is 6.92 Å². The summed E-state index contributed by atoms with van der Waals surface area (Å²) in [5.41, 5.74) is 3.91. The van der Waals surface area contributed by atoms with Crippen molar-refractivity contribution in [1.82, 2.24) is 9.97 Å². The molecular weight excluding hydrogens is 318 g/mol. The number of rotatable bonds is 5. The number of aromatic amines is 1. The van der Waals surface area contributed by atoms with Crippen LogP contribution in [0.15, 0.2) is 48.8 Å². The molecule has 0 aliphatic heterocycles. The zero-order valence-corrected chi connectivity index (χ0v) is 14.3. The fourth-order valence-electron chi connectivity index (χ4n) is 2.54. The zero-order chi connectivity index (χ0) is 17.8. The van der Waals surface area contributed by atoms with Gasteiger partial charge >= 0.3 is 0 Å². The van der Waals surface area contributed by atoms with Crippen LogP contribution in [0, 0.1) is 6.92 Å². The number of benzene rings is 2. The molecule has 2 N–H and O–H groups in total. The number of nitrogens with one attached hydrogen (secondary N) is 2. The largest absolute Gasteiger partial charge is 0.497 e. The Balaban J connectivity index is 1.85. The van der Waals surface area contributed by atoms with Crippen LogP contribution in [-0.4, -0.2) is 30.1 Å². The van der Waals surface area contributed by atoms with Gasteiger partial charge in [-0.15, -0.1) is 0 Å². The van der Waals surface area contributed by atoms with Crippen LogP contribution in [0.2, 0.25) is 0 Å². The normalized spacial score (nSPS) is 10.4. The second-order valence-corrected chi connectivity index (χ2v) is 5.51. The second kappa shape index (κ2) is 7.09. The standard InChI is InChI=1S/C19H19N3O3/c1-12-18(21-11-20-12)13-5-4-6-15(7-13)22-19(23)14-8-16(24-2)10-17(9-14)25-3/h4-11H,1-3H3,(H,20,21)(H,22,23). The molecule has 25 heavy (non-hydrogen) atoms. The van der Waals surface area contributed by atoms with Crippen LogP contribution < -0.4 is 14.8 Å². The van der Waals surface area contributed by atoms with E-state index >= 15 is 0 Å². The SMILES string of the molecule is COc1cc(OC)cc(C(=O)Nc2cccc(-c3nc[nH]c3C)c2)c1. The number of methoxy groups -OCH3 is 2. The molecule has 2 aromatic carbocycles. The minimum Gasteiger partial charge on any atom is -0.497 e. The molecule has 128 valence electrons. The van der Waals surface area contributed by atoms with E-state index in [1.807, 2.05) is 31.2 Å². The third-order valence-corrected chi connectivity index (χ3v) is 3.84. The maximum atomic E-state index is 12.6. The highest BCUT2D eigenvalue weighted by Gasteiger charge is 2.11. The first-order chi connectivity index (χ1) is 12.1. The number of imidazole rings is 1. The predicted molar refractivity (Wildman–Crippen MR) is 96.3 cm³/mol. The lowest BCUT2D eigenvalue weighted by molar-refractivity contribution is 0.102. The number of hydrogen-bond acceptors (Lipinski definition) is 4. The topological polar surface area (TPSA) is 76.2 Å². The molecule has 1 heterocycles. The van der Waals surface area contributed by atoms with Crippen molar-refractivity contribution in [2.75, 3.05) is 19.5 Å². The van der Waals surface area contributed by atoms with Gasteiger partial charge < -0.3 is 19.8 Å². The molecule has 0 aliphatic rings. The minimum atomic E-state index is -0.243. The summed E-state index contributed by atoms with van der Waals surface area (Å²) in [5.74, 6) is 0.879. The molecule has 0 bridgehead atoms. The lowest BCUT2D eigenvalue weighted by Crippen LogP contribution is -2.12. The Morgan fingerprint density at radius 2 is 1.80 bits per heavy atom. The molecule has 6 nitrogen and oxygen atoms in total. The zero-order valence-electron chi connectivity index (χ0n) is 14.3. The number of nitrogens with zero attached hydrogens (tertiary/aromatic N) is 1. The van der Waals surface area contributed by atoms with Gasteiger partial charge in [-0.1, -0.05) is 12.1 Å². The molecule has 0 unspecified atom stereocenters. The van der Waals surface area contributed by atoms with Crippen molar-refractivity contribution in [2.24, 2.45) is 0 Å². The van der Waals surface area contributed by atoms with E-state index in [2.05, 4.69) is 15.3 Å². The Kier molecular flexibility index (Phi) is 4.70. The molecule has 0 saturated heterocycles. The van der Waals surface area contributed by atoms with Gasteiger partial charge in [0.2, 0.25) is 0 Å². The van der Waals surface area contributed by atoms with Gasteiger partial charge in [0.25, 0.3) is 5.91 Å². The number of aromatic nitrogens is 2. The van der Waals surface area contributed by atoms with Gasteiger partial charge in [-0.2, -0.15) is 0 Å². The molecule has 0 saturated carbocycles. The van der Waals surface area contributed by atoms with Gasteiger partial charge in [0.1, 0.15) is 11.5 Å². The van der Waals surface area contributed by atoms with Gasteiger partial charge in [-0.3, -0.25) is 4.79 Å². The summed E-state index contributed by atoms with van der Waals surface area (Å²) in [6.07, 6.45) is 1.65. The number of carbonyl (C=O) groups is 1. The van der Waals surface area contributed by atoms with Crippen molar-refractivity contribution in [3.05, 3.63) is 60.0 Å². The molecule has 0 spiro atoms. The summed E-state index contributed by atoms with van der Waals surface area (Å²) in [6, 6.07) is 12.6. The first kappa shape index (κ1) is 16.6. The average Bonchev–Trinajstić information content (AvgIpc) is 3.07. The molecule has 0 fully saturated rings. The van der Waals surface area contributed by atoms with Gasteiger partial charge in [0, 0.05) is 28.6 Å². The van der Waals surface area contributed by atoms with Crippen LogP contribution in [-0.2, 0) is 0 Å².